The number of aromatic nitrogens is 2. The van der Waals surface area contributed by atoms with Crippen molar-refractivity contribution in [3.8, 4) is 0 Å². The summed E-state index contributed by atoms with van der Waals surface area (Å²) in [6.45, 7) is 2.78. The Morgan fingerprint density at radius 1 is 1.40 bits per heavy atom. The van der Waals surface area contributed by atoms with E-state index < -0.39 is 21.0 Å². The number of imidazole rings is 1. The highest BCUT2D eigenvalue weighted by molar-refractivity contribution is 7.89. The molecule has 1 aromatic heterocycles. The molecule has 1 fully saturated rings. The predicted molar refractivity (Wildman–Crippen MR) is 90.5 cm³/mol. The Labute approximate surface area is 145 Å². The number of aryl methyl sites for hydroxylation is 2. The fraction of sp³-hybridized carbons (Fsp3) is 0.400. The number of piperazine rings is 1. The van der Waals surface area contributed by atoms with Crippen molar-refractivity contribution in [3.05, 3.63) is 52.1 Å². The van der Waals surface area contributed by atoms with Crippen molar-refractivity contribution in [2.45, 2.75) is 17.9 Å². The number of hydrogen-bond acceptors (Lipinski definition) is 6. The lowest BCUT2D eigenvalue weighted by atomic mass is 10.2. The zero-order chi connectivity index (χ0) is 18.2. The quantitative estimate of drug-likeness (QED) is 0.638. The molecule has 0 radical (unpaired) electrons. The van der Waals surface area contributed by atoms with Gasteiger partial charge in [-0.1, -0.05) is 6.07 Å². The first-order valence-corrected chi connectivity index (χ1v) is 9.21. The van der Waals surface area contributed by atoms with Crippen LogP contribution < -0.4 is 5.32 Å². The smallest absolute Gasteiger partial charge is 0.273 e. The monoisotopic (exact) mass is 365 g/mol. The minimum absolute atomic E-state index is 0.0779. The van der Waals surface area contributed by atoms with Crippen LogP contribution in [0.1, 0.15) is 17.4 Å². The molecule has 0 bridgehead atoms. The first-order valence-electron chi connectivity index (χ1n) is 7.77. The molecule has 0 spiro atoms. The highest BCUT2D eigenvalue weighted by Crippen LogP contribution is 2.30. The highest BCUT2D eigenvalue weighted by Gasteiger charge is 2.37. The van der Waals surface area contributed by atoms with E-state index in [1.807, 2.05) is 0 Å². The van der Waals surface area contributed by atoms with Crippen LogP contribution in [0.25, 0.3) is 0 Å². The fourth-order valence-electron chi connectivity index (χ4n) is 2.97. The van der Waals surface area contributed by atoms with Crippen LogP contribution in [0.5, 0.6) is 0 Å². The van der Waals surface area contributed by atoms with E-state index in [0.717, 1.165) is 6.07 Å². The second kappa shape index (κ2) is 6.54. The maximum Gasteiger partial charge on any atom is 0.273 e. The van der Waals surface area contributed by atoms with Gasteiger partial charge in [0.15, 0.2) is 0 Å². The van der Waals surface area contributed by atoms with Gasteiger partial charge in [-0.15, -0.1) is 0 Å². The summed E-state index contributed by atoms with van der Waals surface area (Å²) in [5, 5.41) is 14.3. The third-order valence-corrected chi connectivity index (χ3v) is 6.24. The lowest BCUT2D eigenvalue weighted by Crippen LogP contribution is -2.49. The Morgan fingerprint density at radius 3 is 2.80 bits per heavy atom. The molecule has 1 aliphatic heterocycles. The van der Waals surface area contributed by atoms with Crippen molar-refractivity contribution < 1.29 is 13.3 Å². The van der Waals surface area contributed by atoms with E-state index in [-0.39, 0.29) is 17.1 Å². The van der Waals surface area contributed by atoms with E-state index in [9.17, 15) is 18.5 Å². The van der Waals surface area contributed by atoms with Crippen molar-refractivity contribution >= 4 is 15.7 Å². The summed E-state index contributed by atoms with van der Waals surface area (Å²) in [5.74, 6) is 0.623. The zero-order valence-corrected chi connectivity index (χ0v) is 14.7. The molecule has 25 heavy (non-hydrogen) atoms. The first-order chi connectivity index (χ1) is 11.8. The molecule has 10 heteroatoms. The molecule has 0 aliphatic carbocycles. The molecule has 1 aliphatic rings. The molecule has 134 valence electrons. The van der Waals surface area contributed by atoms with Gasteiger partial charge in [-0.05, 0) is 13.0 Å². The van der Waals surface area contributed by atoms with E-state index in [0.29, 0.717) is 24.5 Å². The van der Waals surface area contributed by atoms with Crippen molar-refractivity contribution in [2.75, 3.05) is 19.6 Å². The predicted octanol–water partition coefficient (Wildman–Crippen LogP) is 0.972. The fourth-order valence-corrected chi connectivity index (χ4v) is 4.58. The van der Waals surface area contributed by atoms with Crippen LogP contribution in [-0.4, -0.2) is 46.8 Å². The molecule has 2 heterocycles. The third kappa shape index (κ3) is 3.15. The second-order valence-corrected chi connectivity index (χ2v) is 7.83. The van der Waals surface area contributed by atoms with Crippen LogP contribution in [0.2, 0.25) is 0 Å². The summed E-state index contributed by atoms with van der Waals surface area (Å²) in [7, 11) is -2.09. The normalized spacial score (nSPS) is 19.0. The number of nitrogens with one attached hydrogen (secondary N) is 1. The second-order valence-electron chi connectivity index (χ2n) is 5.94. The summed E-state index contributed by atoms with van der Waals surface area (Å²) in [5.41, 5.74) is 0.217. The zero-order valence-electron chi connectivity index (χ0n) is 13.9. The molecule has 9 nitrogen and oxygen atoms in total. The van der Waals surface area contributed by atoms with Crippen LogP contribution in [0, 0.1) is 17.0 Å². The van der Waals surface area contributed by atoms with Gasteiger partial charge in [0.1, 0.15) is 5.82 Å². The molecule has 0 amide bonds. The summed E-state index contributed by atoms with van der Waals surface area (Å²) < 4.78 is 29.4. The molecular formula is C15H19N5O4S. The highest BCUT2D eigenvalue weighted by atomic mass is 32.2. The Morgan fingerprint density at radius 2 is 2.16 bits per heavy atom. The average molecular weight is 365 g/mol. The number of nitro benzene ring substituents is 1. The van der Waals surface area contributed by atoms with Gasteiger partial charge in [0.05, 0.1) is 15.9 Å². The number of hydrogen-bond donors (Lipinski definition) is 1. The van der Waals surface area contributed by atoms with E-state index in [1.165, 1.54) is 16.4 Å². The van der Waals surface area contributed by atoms with E-state index in [4.69, 9.17) is 0 Å². The molecule has 1 saturated heterocycles. The summed E-state index contributed by atoms with van der Waals surface area (Å²) >= 11 is 0. The van der Waals surface area contributed by atoms with E-state index in [2.05, 4.69) is 10.3 Å². The molecule has 0 saturated carbocycles. The Balaban J connectivity index is 2.04. The maximum absolute atomic E-state index is 13.1. The minimum Gasteiger partial charge on any atom is -0.337 e. The first kappa shape index (κ1) is 17.5. The van der Waals surface area contributed by atoms with Crippen LogP contribution in [0.3, 0.4) is 0 Å². The molecule has 3 rings (SSSR count). The molecule has 1 atom stereocenters. The van der Waals surface area contributed by atoms with Gasteiger partial charge in [-0.3, -0.25) is 10.1 Å². The van der Waals surface area contributed by atoms with Crippen molar-refractivity contribution in [1.29, 1.82) is 0 Å². The van der Waals surface area contributed by atoms with Crippen LogP contribution in [0.15, 0.2) is 35.5 Å². The molecule has 1 N–H and O–H groups in total. The number of nitro groups is 1. The Kier molecular flexibility index (Phi) is 4.58. The largest absolute Gasteiger partial charge is 0.337 e. The lowest BCUT2D eigenvalue weighted by molar-refractivity contribution is -0.385. The maximum atomic E-state index is 13.1. The van der Waals surface area contributed by atoms with E-state index >= 15 is 0 Å². The van der Waals surface area contributed by atoms with Gasteiger partial charge >= 0.3 is 0 Å². The van der Waals surface area contributed by atoms with Crippen LogP contribution in [0.4, 0.5) is 5.69 Å². The standard InChI is InChI=1S/C15H19N5O4S/c1-11-3-4-12(9-13(11)20(21)22)25(23,24)19-8-5-16-10-14(19)15-17-6-7-18(15)2/h3-4,6-7,9,14,16H,5,8,10H2,1-2H3. The van der Waals surface area contributed by atoms with Gasteiger partial charge in [0.2, 0.25) is 10.0 Å². The molecule has 1 unspecified atom stereocenters. The minimum atomic E-state index is -3.89. The average Bonchev–Trinajstić information content (AvgIpc) is 3.00. The number of rotatable bonds is 4. The van der Waals surface area contributed by atoms with Crippen molar-refractivity contribution in [1.82, 2.24) is 19.2 Å². The summed E-state index contributed by atoms with van der Waals surface area (Å²) in [4.78, 5) is 14.8. The Bertz CT molecular complexity index is 908. The van der Waals surface area contributed by atoms with Gasteiger partial charge in [0.25, 0.3) is 5.69 Å². The van der Waals surface area contributed by atoms with Crippen LogP contribution in [-0.2, 0) is 17.1 Å². The number of benzene rings is 1. The van der Waals surface area contributed by atoms with Gasteiger partial charge in [0, 0.05) is 50.7 Å². The van der Waals surface area contributed by atoms with Crippen molar-refractivity contribution in [3.63, 3.8) is 0 Å². The molecular weight excluding hydrogens is 346 g/mol. The van der Waals surface area contributed by atoms with Crippen molar-refractivity contribution in [2.24, 2.45) is 7.05 Å². The van der Waals surface area contributed by atoms with E-state index in [1.54, 1.807) is 30.9 Å². The lowest BCUT2D eigenvalue weighted by Gasteiger charge is -2.34. The van der Waals surface area contributed by atoms with Crippen LogP contribution >= 0.6 is 0 Å². The topological polar surface area (TPSA) is 110 Å². The van der Waals surface area contributed by atoms with Gasteiger partial charge in [-0.25, -0.2) is 13.4 Å². The third-order valence-electron chi connectivity index (χ3n) is 4.33. The number of nitrogens with zero attached hydrogens (tertiary/aromatic N) is 4. The Hall–Kier alpha value is -2.30. The molecule has 2 aromatic rings. The summed E-state index contributed by atoms with van der Waals surface area (Å²) in [6, 6.07) is 3.53. The van der Waals surface area contributed by atoms with Gasteiger partial charge < -0.3 is 9.88 Å². The SMILES string of the molecule is Cc1ccc(S(=O)(=O)N2CCNCC2c2nccn2C)cc1[N+](=O)[O-]. The summed E-state index contributed by atoms with van der Waals surface area (Å²) in [6.07, 6.45) is 3.37. The molecule has 1 aromatic carbocycles. The number of sulfonamides is 1. The van der Waals surface area contributed by atoms with Gasteiger partial charge in [-0.2, -0.15) is 4.31 Å².